The van der Waals surface area contributed by atoms with Crippen molar-refractivity contribution < 1.29 is 14.3 Å². The molecule has 0 radical (unpaired) electrons. The van der Waals surface area contributed by atoms with E-state index in [1.165, 1.54) is 4.90 Å². The van der Waals surface area contributed by atoms with Gasteiger partial charge in [-0.2, -0.15) is 0 Å². The molecule has 2 amide bonds. The Bertz CT molecular complexity index is 927. The number of hydrogen-bond acceptors (Lipinski definition) is 5. The van der Waals surface area contributed by atoms with E-state index in [0.717, 1.165) is 17.7 Å². The van der Waals surface area contributed by atoms with Crippen molar-refractivity contribution in [3.63, 3.8) is 0 Å². The number of rotatable bonds is 4. The minimum atomic E-state index is -0.470. The molecule has 0 saturated heterocycles. The Balaban J connectivity index is 1.42. The fraction of sp³-hybridized carbons (Fsp3) is 0.591. The zero-order chi connectivity index (χ0) is 21.8. The second-order valence-corrected chi connectivity index (χ2v) is 10.3. The van der Waals surface area contributed by atoms with Gasteiger partial charge in [0.15, 0.2) is 5.96 Å². The third-order valence-electron chi connectivity index (χ3n) is 6.00. The summed E-state index contributed by atoms with van der Waals surface area (Å²) >= 11 is 6.17. The normalized spacial score (nSPS) is 28.8. The summed E-state index contributed by atoms with van der Waals surface area (Å²) in [5.41, 5.74) is 6.06. The van der Waals surface area contributed by atoms with Crippen LogP contribution in [0.5, 0.6) is 5.75 Å². The summed E-state index contributed by atoms with van der Waals surface area (Å²) < 4.78 is 6.04. The van der Waals surface area contributed by atoms with Crippen LogP contribution in [0.15, 0.2) is 23.2 Å². The number of benzene rings is 1. The zero-order valence-electron chi connectivity index (χ0n) is 17.9. The maximum absolute atomic E-state index is 12.9. The Morgan fingerprint density at radius 3 is 2.80 bits per heavy atom. The van der Waals surface area contributed by atoms with Gasteiger partial charge in [-0.15, -0.1) is 0 Å². The van der Waals surface area contributed by atoms with Gasteiger partial charge >= 0.3 is 0 Å². The quantitative estimate of drug-likeness (QED) is 0.764. The number of nitrogens with one attached hydrogen (secondary N) is 1. The number of nitrogens with two attached hydrogens (primary N) is 1. The first-order valence-electron chi connectivity index (χ1n) is 10.4. The fourth-order valence-corrected chi connectivity index (χ4v) is 4.62. The Labute approximate surface area is 182 Å². The maximum atomic E-state index is 12.9. The third-order valence-corrected chi connectivity index (χ3v) is 6.24. The van der Waals surface area contributed by atoms with E-state index < -0.39 is 5.54 Å². The predicted octanol–water partition coefficient (Wildman–Crippen LogP) is 3.02. The molecule has 1 aromatic carbocycles. The molecule has 1 saturated carbocycles. The van der Waals surface area contributed by atoms with Gasteiger partial charge in [0.2, 0.25) is 11.8 Å². The number of halogens is 1. The Morgan fingerprint density at radius 1 is 1.37 bits per heavy atom. The molecular formula is C22H29ClN4O3. The standard InChI is InChI=1S/C22H29ClN4O3/c1-21(2)10-18(28)27(20(24)26-21)11-12-7-14(12)19(29)25-16-9-22(3,4)30-17-6-5-13(23)8-15(16)17/h5-6,8,12,14,16H,7,9-11H2,1-4H3,(H2,24,26)(H,25,29)/t12?,14?,16-/m0/s1. The van der Waals surface area contributed by atoms with E-state index in [9.17, 15) is 9.59 Å². The Morgan fingerprint density at radius 2 is 2.10 bits per heavy atom. The second-order valence-electron chi connectivity index (χ2n) is 9.88. The number of fused-ring (bicyclic) bond motifs is 1. The van der Waals surface area contributed by atoms with Gasteiger partial charge < -0.3 is 15.8 Å². The molecule has 3 aliphatic rings. The Hall–Kier alpha value is -2.28. The van der Waals surface area contributed by atoms with Gasteiger partial charge in [0, 0.05) is 29.5 Å². The molecule has 1 aliphatic carbocycles. The van der Waals surface area contributed by atoms with Crippen molar-refractivity contribution in [2.24, 2.45) is 22.6 Å². The summed E-state index contributed by atoms with van der Waals surface area (Å²) in [6, 6.07) is 5.33. The lowest BCUT2D eigenvalue weighted by Crippen LogP contribution is -2.50. The molecular weight excluding hydrogens is 404 g/mol. The van der Waals surface area contributed by atoms with Gasteiger partial charge in [-0.25, -0.2) is 4.99 Å². The first-order chi connectivity index (χ1) is 13.9. The van der Waals surface area contributed by atoms with Crippen molar-refractivity contribution >= 4 is 29.4 Å². The molecule has 2 aliphatic heterocycles. The van der Waals surface area contributed by atoms with Crippen molar-refractivity contribution in [1.82, 2.24) is 10.2 Å². The van der Waals surface area contributed by atoms with Crippen LogP contribution in [0.4, 0.5) is 0 Å². The molecule has 2 heterocycles. The SMILES string of the molecule is CC1(C)CC(=O)N(CC2CC2C(=O)N[C@H]2CC(C)(C)Oc3ccc(Cl)cc32)C(N)=N1. The summed E-state index contributed by atoms with van der Waals surface area (Å²) in [7, 11) is 0. The number of aliphatic imine (C=N–C) groups is 1. The van der Waals surface area contributed by atoms with Crippen molar-refractivity contribution in [1.29, 1.82) is 0 Å². The van der Waals surface area contributed by atoms with Crippen LogP contribution in [0.25, 0.3) is 0 Å². The van der Waals surface area contributed by atoms with Gasteiger partial charge in [-0.3, -0.25) is 14.5 Å². The molecule has 1 fully saturated rings. The number of carbonyl (C=O) groups excluding carboxylic acids is 2. The number of guanidine groups is 1. The highest BCUT2D eigenvalue weighted by atomic mass is 35.5. The molecule has 162 valence electrons. The first-order valence-corrected chi connectivity index (χ1v) is 10.8. The van der Waals surface area contributed by atoms with E-state index in [4.69, 9.17) is 22.1 Å². The summed E-state index contributed by atoms with van der Waals surface area (Å²) in [4.78, 5) is 31.3. The molecule has 0 bridgehead atoms. The summed E-state index contributed by atoms with van der Waals surface area (Å²) in [6.07, 6.45) is 1.72. The zero-order valence-corrected chi connectivity index (χ0v) is 18.6. The molecule has 7 nitrogen and oxygen atoms in total. The van der Waals surface area contributed by atoms with Crippen LogP contribution in [0.1, 0.15) is 58.6 Å². The summed E-state index contributed by atoms with van der Waals surface area (Å²) in [5, 5.41) is 3.79. The number of ether oxygens (including phenoxy) is 1. The van der Waals surface area contributed by atoms with Gasteiger partial charge in [-0.1, -0.05) is 11.6 Å². The molecule has 3 atom stereocenters. The minimum absolute atomic E-state index is 0.00563. The summed E-state index contributed by atoms with van der Waals surface area (Å²) in [6.45, 7) is 8.23. The van der Waals surface area contributed by atoms with E-state index in [-0.39, 0.29) is 41.3 Å². The van der Waals surface area contributed by atoms with Crippen molar-refractivity contribution in [3.8, 4) is 5.75 Å². The van der Waals surface area contributed by atoms with E-state index in [2.05, 4.69) is 10.3 Å². The smallest absolute Gasteiger partial charge is 0.231 e. The molecule has 1 aromatic rings. The predicted molar refractivity (Wildman–Crippen MR) is 115 cm³/mol. The number of amides is 2. The minimum Gasteiger partial charge on any atom is -0.487 e. The van der Waals surface area contributed by atoms with Gasteiger partial charge in [-0.05, 0) is 58.2 Å². The monoisotopic (exact) mass is 432 g/mol. The molecule has 0 aromatic heterocycles. The number of hydrogen-bond donors (Lipinski definition) is 2. The Kier molecular flexibility index (Phi) is 5.00. The summed E-state index contributed by atoms with van der Waals surface area (Å²) in [5.74, 6) is 0.919. The van der Waals surface area contributed by atoms with Crippen LogP contribution in [-0.4, -0.2) is 40.4 Å². The molecule has 8 heteroatoms. The van der Waals surface area contributed by atoms with Crippen molar-refractivity contribution in [2.45, 2.75) is 64.1 Å². The first kappa shape index (κ1) is 21.0. The van der Waals surface area contributed by atoms with Crippen molar-refractivity contribution in [2.75, 3.05) is 6.54 Å². The largest absolute Gasteiger partial charge is 0.487 e. The molecule has 4 rings (SSSR count). The molecule has 30 heavy (non-hydrogen) atoms. The molecule has 0 spiro atoms. The van der Waals surface area contributed by atoms with Crippen molar-refractivity contribution in [3.05, 3.63) is 28.8 Å². The van der Waals surface area contributed by atoms with Crippen LogP contribution >= 0.6 is 11.6 Å². The van der Waals surface area contributed by atoms with Crippen LogP contribution in [-0.2, 0) is 9.59 Å². The maximum Gasteiger partial charge on any atom is 0.231 e. The molecule has 2 unspecified atom stereocenters. The lowest BCUT2D eigenvalue weighted by Gasteiger charge is -2.38. The third kappa shape index (κ3) is 4.26. The molecule has 3 N–H and O–H groups in total. The average Bonchev–Trinajstić information content (AvgIpc) is 3.37. The van der Waals surface area contributed by atoms with Crippen LogP contribution in [0.3, 0.4) is 0 Å². The van der Waals surface area contributed by atoms with Crippen LogP contribution in [0, 0.1) is 11.8 Å². The van der Waals surface area contributed by atoms with E-state index in [1.54, 1.807) is 6.07 Å². The highest BCUT2D eigenvalue weighted by molar-refractivity contribution is 6.30. The van der Waals surface area contributed by atoms with Gasteiger partial charge in [0.1, 0.15) is 11.4 Å². The van der Waals surface area contributed by atoms with Crippen LogP contribution < -0.4 is 15.8 Å². The topological polar surface area (TPSA) is 97.0 Å². The highest BCUT2D eigenvalue weighted by Gasteiger charge is 2.47. The van der Waals surface area contributed by atoms with E-state index in [0.29, 0.717) is 24.4 Å². The number of carbonyl (C=O) groups is 2. The van der Waals surface area contributed by atoms with Gasteiger partial charge in [0.05, 0.1) is 18.0 Å². The van der Waals surface area contributed by atoms with Crippen LogP contribution in [0.2, 0.25) is 5.02 Å². The van der Waals surface area contributed by atoms with Gasteiger partial charge in [0.25, 0.3) is 0 Å². The fourth-order valence-electron chi connectivity index (χ4n) is 4.44. The highest BCUT2D eigenvalue weighted by Crippen LogP contribution is 2.43. The lowest BCUT2D eigenvalue weighted by atomic mass is 9.89. The van der Waals surface area contributed by atoms with E-state index in [1.807, 2.05) is 39.8 Å². The van der Waals surface area contributed by atoms with E-state index >= 15 is 0 Å². The second kappa shape index (κ2) is 7.15. The number of nitrogens with zero attached hydrogens (tertiary/aromatic N) is 2. The lowest BCUT2D eigenvalue weighted by molar-refractivity contribution is -0.130. The average molecular weight is 433 g/mol.